The van der Waals surface area contributed by atoms with Crippen LogP contribution in [0.15, 0.2) is 30.7 Å². The van der Waals surface area contributed by atoms with Gasteiger partial charge in [-0.05, 0) is 31.5 Å². The Balaban J connectivity index is 1.89. The molecular weight excluding hydrogens is 336 g/mol. The Bertz CT molecular complexity index is 879. The molecule has 6 nitrogen and oxygen atoms in total. The molecular formula is C18H20N4O2S. The fourth-order valence-electron chi connectivity index (χ4n) is 2.67. The Morgan fingerprint density at radius 1 is 1.28 bits per heavy atom. The number of aryl methyl sites for hydroxylation is 1. The molecule has 0 amide bonds. The third-order valence-corrected chi connectivity index (χ3v) is 5.14. The summed E-state index contributed by atoms with van der Waals surface area (Å²) in [6, 6.07) is 5.91. The van der Waals surface area contributed by atoms with Gasteiger partial charge in [-0.2, -0.15) is 0 Å². The molecule has 130 valence electrons. The summed E-state index contributed by atoms with van der Waals surface area (Å²) in [6.07, 6.45) is 4.16. The maximum absolute atomic E-state index is 12.1. The first kappa shape index (κ1) is 17.3. The van der Waals surface area contributed by atoms with Gasteiger partial charge in [0.05, 0.1) is 12.0 Å². The molecule has 0 atom stereocenters. The van der Waals surface area contributed by atoms with E-state index in [9.17, 15) is 4.79 Å². The third-order valence-electron chi connectivity index (χ3n) is 3.96. The van der Waals surface area contributed by atoms with Crippen LogP contribution in [-0.4, -0.2) is 41.1 Å². The van der Waals surface area contributed by atoms with Gasteiger partial charge >= 0.3 is 5.97 Å². The SMILES string of the molecule is CCOC(=O)c1sc2ncnc(N(C)CCc3ccccn3)c2c1C. The molecule has 0 radical (unpaired) electrons. The molecule has 0 N–H and O–H groups in total. The molecule has 25 heavy (non-hydrogen) atoms. The second-order valence-electron chi connectivity index (χ2n) is 5.65. The minimum atomic E-state index is -0.301. The molecule has 3 heterocycles. The van der Waals surface area contributed by atoms with Crippen LogP contribution in [0, 0.1) is 6.92 Å². The lowest BCUT2D eigenvalue weighted by molar-refractivity contribution is 0.0531. The molecule has 0 bridgehead atoms. The lowest BCUT2D eigenvalue weighted by atomic mass is 10.2. The largest absolute Gasteiger partial charge is 0.462 e. The Morgan fingerprint density at radius 2 is 2.12 bits per heavy atom. The molecule has 3 aromatic rings. The van der Waals surface area contributed by atoms with Gasteiger partial charge in [-0.25, -0.2) is 14.8 Å². The number of nitrogens with zero attached hydrogens (tertiary/aromatic N) is 4. The number of rotatable bonds is 6. The fourth-order valence-corrected chi connectivity index (χ4v) is 3.71. The first-order valence-electron chi connectivity index (χ1n) is 8.14. The summed E-state index contributed by atoms with van der Waals surface area (Å²) in [5.41, 5.74) is 1.91. The Morgan fingerprint density at radius 3 is 2.84 bits per heavy atom. The zero-order valence-corrected chi connectivity index (χ0v) is 15.3. The van der Waals surface area contributed by atoms with Crippen molar-refractivity contribution in [3.63, 3.8) is 0 Å². The van der Waals surface area contributed by atoms with E-state index in [1.165, 1.54) is 11.3 Å². The molecule has 0 aromatic carbocycles. The zero-order valence-electron chi connectivity index (χ0n) is 14.5. The van der Waals surface area contributed by atoms with Crippen molar-refractivity contribution in [1.29, 1.82) is 0 Å². The topological polar surface area (TPSA) is 68.2 Å². The Labute approximate surface area is 150 Å². The van der Waals surface area contributed by atoms with E-state index in [1.807, 2.05) is 32.2 Å². The van der Waals surface area contributed by atoms with Crippen LogP contribution >= 0.6 is 11.3 Å². The summed E-state index contributed by atoms with van der Waals surface area (Å²) in [7, 11) is 1.99. The highest BCUT2D eigenvalue weighted by molar-refractivity contribution is 7.20. The van der Waals surface area contributed by atoms with Crippen molar-refractivity contribution in [1.82, 2.24) is 15.0 Å². The van der Waals surface area contributed by atoms with E-state index >= 15 is 0 Å². The predicted octanol–water partition coefficient (Wildman–Crippen LogP) is 3.25. The van der Waals surface area contributed by atoms with Crippen molar-refractivity contribution < 1.29 is 9.53 Å². The van der Waals surface area contributed by atoms with Crippen molar-refractivity contribution in [2.75, 3.05) is 25.1 Å². The van der Waals surface area contributed by atoms with Gasteiger partial charge in [0.1, 0.15) is 21.9 Å². The van der Waals surface area contributed by atoms with Crippen LogP contribution < -0.4 is 4.90 Å². The highest BCUT2D eigenvalue weighted by Gasteiger charge is 2.21. The normalized spacial score (nSPS) is 10.8. The van der Waals surface area contributed by atoms with Gasteiger partial charge in [0, 0.05) is 31.9 Å². The van der Waals surface area contributed by atoms with Crippen LogP contribution in [0.25, 0.3) is 10.2 Å². The number of thiophene rings is 1. The maximum Gasteiger partial charge on any atom is 0.348 e. The summed E-state index contributed by atoms with van der Waals surface area (Å²) >= 11 is 1.35. The van der Waals surface area contributed by atoms with Gasteiger partial charge in [-0.3, -0.25) is 4.98 Å². The molecule has 0 aliphatic heterocycles. The van der Waals surface area contributed by atoms with E-state index in [0.717, 1.165) is 40.3 Å². The summed E-state index contributed by atoms with van der Waals surface area (Å²) in [5.74, 6) is 0.523. The van der Waals surface area contributed by atoms with Gasteiger partial charge in [-0.1, -0.05) is 6.07 Å². The van der Waals surface area contributed by atoms with Crippen molar-refractivity contribution >= 4 is 33.3 Å². The maximum atomic E-state index is 12.1. The number of aromatic nitrogens is 3. The van der Waals surface area contributed by atoms with E-state index in [-0.39, 0.29) is 5.97 Å². The minimum Gasteiger partial charge on any atom is -0.462 e. The quantitative estimate of drug-likeness (QED) is 0.632. The zero-order chi connectivity index (χ0) is 17.8. The van der Waals surface area contributed by atoms with Crippen molar-refractivity contribution in [2.24, 2.45) is 0 Å². The van der Waals surface area contributed by atoms with Crippen LogP contribution in [-0.2, 0) is 11.2 Å². The number of anilines is 1. The first-order chi connectivity index (χ1) is 12.1. The Hall–Kier alpha value is -2.54. The molecule has 3 aromatic heterocycles. The third kappa shape index (κ3) is 3.61. The van der Waals surface area contributed by atoms with Gasteiger partial charge in [0.2, 0.25) is 0 Å². The van der Waals surface area contributed by atoms with Crippen LogP contribution in [0.5, 0.6) is 0 Å². The van der Waals surface area contributed by atoms with E-state index in [1.54, 1.807) is 19.4 Å². The van der Waals surface area contributed by atoms with Crippen molar-refractivity contribution in [3.8, 4) is 0 Å². The number of carbonyl (C=O) groups is 1. The van der Waals surface area contributed by atoms with Crippen LogP contribution in [0.2, 0.25) is 0 Å². The molecule has 0 saturated carbocycles. The molecule has 0 spiro atoms. The van der Waals surface area contributed by atoms with Gasteiger partial charge < -0.3 is 9.64 Å². The number of fused-ring (bicyclic) bond motifs is 1. The smallest absolute Gasteiger partial charge is 0.348 e. The van der Waals surface area contributed by atoms with Crippen LogP contribution in [0.4, 0.5) is 5.82 Å². The summed E-state index contributed by atoms with van der Waals surface area (Å²) < 4.78 is 5.15. The molecule has 0 aliphatic rings. The summed E-state index contributed by atoms with van der Waals surface area (Å²) in [6.45, 7) is 4.85. The number of esters is 1. The standard InChI is InChI=1S/C18H20N4O2S/c1-4-24-18(23)15-12(2)14-16(20-11-21-17(14)25-15)22(3)10-8-13-7-5-6-9-19-13/h5-7,9,11H,4,8,10H2,1-3H3. The lowest BCUT2D eigenvalue weighted by Gasteiger charge is -2.19. The molecule has 0 saturated heterocycles. The monoisotopic (exact) mass is 356 g/mol. The van der Waals surface area contributed by atoms with E-state index < -0.39 is 0 Å². The molecule has 0 unspecified atom stereocenters. The van der Waals surface area contributed by atoms with Gasteiger partial charge in [-0.15, -0.1) is 11.3 Å². The van der Waals surface area contributed by atoms with Gasteiger partial charge in [0.15, 0.2) is 0 Å². The highest BCUT2D eigenvalue weighted by atomic mass is 32.1. The summed E-state index contributed by atoms with van der Waals surface area (Å²) in [5, 5.41) is 0.916. The van der Waals surface area contributed by atoms with Crippen molar-refractivity contribution in [2.45, 2.75) is 20.3 Å². The fraction of sp³-hybridized carbons (Fsp3) is 0.333. The number of hydrogen-bond acceptors (Lipinski definition) is 7. The van der Waals surface area contributed by atoms with E-state index in [4.69, 9.17) is 4.74 Å². The number of hydrogen-bond donors (Lipinski definition) is 0. The molecule has 3 rings (SSSR count). The predicted molar refractivity (Wildman–Crippen MR) is 99.3 cm³/mol. The van der Waals surface area contributed by atoms with Crippen molar-refractivity contribution in [3.05, 3.63) is 46.9 Å². The lowest BCUT2D eigenvalue weighted by Crippen LogP contribution is -2.22. The minimum absolute atomic E-state index is 0.301. The number of likely N-dealkylation sites (N-methyl/N-ethyl adjacent to an activating group) is 1. The average molecular weight is 356 g/mol. The van der Waals surface area contributed by atoms with Gasteiger partial charge in [0.25, 0.3) is 0 Å². The first-order valence-corrected chi connectivity index (χ1v) is 8.95. The molecule has 0 fully saturated rings. The van der Waals surface area contributed by atoms with E-state index in [0.29, 0.717) is 11.5 Å². The second-order valence-corrected chi connectivity index (χ2v) is 6.65. The van der Waals surface area contributed by atoms with Crippen LogP contribution in [0.3, 0.4) is 0 Å². The second kappa shape index (κ2) is 7.57. The van der Waals surface area contributed by atoms with E-state index in [2.05, 4.69) is 19.9 Å². The number of carbonyl (C=O) groups excluding carboxylic acids is 1. The average Bonchev–Trinajstić information content (AvgIpc) is 2.98. The summed E-state index contributed by atoms with van der Waals surface area (Å²) in [4.78, 5) is 28.7. The molecule has 0 aliphatic carbocycles. The molecule has 7 heteroatoms. The number of ether oxygens (including phenoxy) is 1. The van der Waals surface area contributed by atoms with Crippen LogP contribution in [0.1, 0.15) is 27.9 Å². The highest BCUT2D eigenvalue weighted by Crippen LogP contribution is 2.34. The Kier molecular flexibility index (Phi) is 5.23. The number of pyridine rings is 1.